The van der Waals surface area contributed by atoms with Gasteiger partial charge in [0.1, 0.15) is 47.3 Å². The number of H-pyrrole nitrogens is 1. The van der Waals surface area contributed by atoms with Crippen molar-refractivity contribution in [2.45, 2.75) is 170 Å². The van der Waals surface area contributed by atoms with E-state index in [1.807, 2.05) is 30.4 Å². The van der Waals surface area contributed by atoms with E-state index in [4.69, 9.17) is 4.74 Å². The fraction of sp³-hybridized carbons (Fsp3) is 0.472. The van der Waals surface area contributed by atoms with Crippen LogP contribution in [-0.4, -0.2) is 154 Å². The smallest absolute Gasteiger partial charge is 0.246 e. The third-order valence-corrected chi connectivity index (χ3v) is 20.5. The molecule has 5 aromatic rings. The van der Waals surface area contributed by atoms with Crippen molar-refractivity contribution in [3.63, 3.8) is 0 Å². The number of likely N-dealkylation sites (N-methyl/N-ethyl adjacent to an activating group) is 1. The number of carbonyl (C=O) groups is 10. The number of rotatable bonds is 5. The highest BCUT2D eigenvalue weighted by Gasteiger charge is 2.50. The molecule has 9 rings (SSSR count). The number of methoxy groups -OCH3 is 1. The topological polar surface area (TPSA) is 286 Å². The van der Waals surface area contributed by atoms with Gasteiger partial charge >= 0.3 is 0 Å². The van der Waals surface area contributed by atoms with Crippen molar-refractivity contribution in [1.82, 2.24) is 52.0 Å². The van der Waals surface area contributed by atoms with Gasteiger partial charge in [-0.3, -0.25) is 47.9 Å². The van der Waals surface area contributed by atoms with Crippen LogP contribution in [0.5, 0.6) is 5.75 Å². The van der Waals surface area contributed by atoms with Gasteiger partial charge in [-0.2, -0.15) is 23.5 Å². The summed E-state index contributed by atoms with van der Waals surface area (Å²) in [6.45, 7) is 3.56. The van der Waals surface area contributed by atoms with Crippen LogP contribution in [0.2, 0.25) is 0 Å². The molecule has 0 saturated carbocycles. The van der Waals surface area contributed by atoms with Crippen molar-refractivity contribution in [3.8, 4) is 5.75 Å². The van der Waals surface area contributed by atoms with E-state index < -0.39 is 107 Å². The predicted octanol–water partition coefficient (Wildman–Crippen LogP) is 6.58. The highest BCUT2D eigenvalue weighted by molar-refractivity contribution is 7.98. The summed E-state index contributed by atoms with van der Waals surface area (Å²) < 4.78 is 20.5. The van der Waals surface area contributed by atoms with Crippen LogP contribution >= 0.6 is 23.5 Å². The molecule has 4 aliphatic rings. The van der Waals surface area contributed by atoms with Crippen LogP contribution in [0.4, 0.5) is 4.39 Å². The zero-order valence-electron chi connectivity index (χ0n) is 55.1. The average Bonchev–Trinajstić information content (AvgIpc) is 1.58. The Morgan fingerprint density at radius 3 is 2.09 bits per heavy atom. The maximum absolute atomic E-state index is 15.6. The highest BCUT2D eigenvalue weighted by atomic mass is 32.2. The normalized spacial score (nSPS) is 25.7. The monoisotopic (exact) mass is 1350 g/mol. The Hall–Kier alpha value is -8.51. The summed E-state index contributed by atoms with van der Waals surface area (Å²) in [6, 6.07) is 18.9. The first-order chi connectivity index (χ1) is 46.3. The Morgan fingerprint density at radius 1 is 0.625 bits per heavy atom. The summed E-state index contributed by atoms with van der Waals surface area (Å²) in [5.74, 6) is -4.63. The maximum Gasteiger partial charge on any atom is 0.246 e. The summed E-state index contributed by atoms with van der Waals surface area (Å²) in [5.41, 5.74) is 3.87. The molecule has 21 nitrogen and oxygen atoms in total. The molecule has 24 heteroatoms. The van der Waals surface area contributed by atoms with Gasteiger partial charge in [0.05, 0.1) is 13.2 Å². The standard InChI is InChI=1S/C72H89FN10O11S2/c1-45-65(87)78-46(2)66(88)80-59-37-48-14-11-15-49(34-48)41-76-63(85)26-25-61(82(3)69(91)52(39-62(59)84)38-53-42-75-57-24-21-54(73)40-56(53)57)68(90)79-58-18-9-7-5-6-8-10-28-72(29-13-31-83(72)70(92)60(81-67(58)89)36-47-19-22-55(94-4)23-20-47)71(93)74-30-33-96-44-51-17-12-16-50(35-51)43-95-32-27-64(86)77-45/h6,8,11-12,14-17,19-24,34-35,40,42,45-46,52,58-61,75H,5,7,9-10,13,18,25-33,36-39,41,43-44H2,1-4H3,(H,74,93)(H,76,85)(H,77,86)(H,78,87)(H,79,90)(H,80,88)(H,81,89)/b8-6-/t45-,46+,52+,58-,59-,60-,61-,72+/m0/s1. The molecule has 9 amide bonds. The van der Waals surface area contributed by atoms with E-state index in [2.05, 4.69) is 48.3 Å². The molecule has 8 atom stereocenters. The molecule has 8 N–H and O–H groups in total. The van der Waals surface area contributed by atoms with E-state index in [0.717, 1.165) is 11.1 Å². The van der Waals surface area contributed by atoms with E-state index in [0.29, 0.717) is 113 Å². The third kappa shape index (κ3) is 19.4. The second-order valence-electron chi connectivity index (χ2n) is 25.5. The van der Waals surface area contributed by atoms with E-state index in [-0.39, 0.29) is 69.8 Å². The fourth-order valence-electron chi connectivity index (χ4n) is 13.1. The Kier molecular flexibility index (Phi) is 25.7. The largest absolute Gasteiger partial charge is 0.497 e. The first kappa shape index (κ1) is 71.8. The number of ether oxygens (including phenoxy) is 1. The SMILES string of the molecule is COc1ccc(C[C@@H]2NC(=O)[C@@H]3CCCC/C=C\CC[C@@]4(CCCN4C2=O)C(=O)NCCSCc2cccc(c2)CSCCC(=O)N[C@@H](C)C(=O)N[C@H](C)C(=O)N[C@H]2Cc4cccc(c4)CNC(=O)CC[C@@H](C(=O)N3)N(C)C(=O)[C@H](Cc3c[nH]c4ccc(F)cc34)CC2=O)cc1. The second kappa shape index (κ2) is 34.4. The van der Waals surface area contributed by atoms with E-state index >= 15 is 28.4 Å². The van der Waals surface area contributed by atoms with E-state index in [9.17, 15) is 24.0 Å². The molecule has 5 heterocycles. The lowest BCUT2D eigenvalue weighted by molar-refractivity contribution is -0.148. The summed E-state index contributed by atoms with van der Waals surface area (Å²) in [4.78, 5) is 153. The zero-order valence-corrected chi connectivity index (χ0v) is 56.7. The molecule has 8 bridgehead atoms. The van der Waals surface area contributed by atoms with Crippen LogP contribution in [0.15, 0.2) is 109 Å². The number of hydrogen-bond donors (Lipinski definition) is 8. The molecule has 1 saturated heterocycles. The Bertz CT molecular complexity index is 3660. The molecule has 0 radical (unpaired) electrons. The lowest BCUT2D eigenvalue weighted by Gasteiger charge is -2.39. The molecule has 4 aromatic carbocycles. The minimum absolute atomic E-state index is 0.0128. The van der Waals surface area contributed by atoms with Crippen LogP contribution in [0.25, 0.3) is 10.9 Å². The van der Waals surface area contributed by atoms with Crippen LogP contribution in [0, 0.1) is 11.7 Å². The number of benzene rings is 4. The number of carbonyl (C=O) groups excluding carboxylic acids is 10. The highest BCUT2D eigenvalue weighted by Crippen LogP contribution is 2.36. The fourth-order valence-corrected chi connectivity index (χ4v) is 14.8. The second-order valence-corrected chi connectivity index (χ2v) is 27.7. The van der Waals surface area contributed by atoms with Crippen molar-refractivity contribution in [1.29, 1.82) is 0 Å². The first-order valence-electron chi connectivity index (χ1n) is 33.3. The minimum Gasteiger partial charge on any atom is -0.497 e. The number of thioether (sulfide) groups is 2. The van der Waals surface area contributed by atoms with Crippen LogP contribution < -0.4 is 42.0 Å². The van der Waals surface area contributed by atoms with Crippen LogP contribution in [-0.2, 0) is 85.3 Å². The quantitative estimate of drug-likeness (QED) is 0.0865. The number of fused-ring (bicyclic) bond motifs is 15. The van der Waals surface area contributed by atoms with Gasteiger partial charge in [-0.25, -0.2) is 4.39 Å². The van der Waals surface area contributed by atoms with Crippen LogP contribution in [0.3, 0.4) is 0 Å². The number of halogens is 1. The lowest BCUT2D eigenvalue weighted by Crippen LogP contribution is -2.63. The van der Waals surface area contributed by atoms with E-state index in [1.165, 1.54) is 37.9 Å². The molecule has 0 unspecified atom stereocenters. The van der Waals surface area contributed by atoms with Crippen molar-refractivity contribution in [3.05, 3.63) is 149 Å². The minimum atomic E-state index is -1.44. The number of hydrogen-bond acceptors (Lipinski definition) is 13. The summed E-state index contributed by atoms with van der Waals surface area (Å²) in [5, 5.41) is 20.7. The number of aromatic nitrogens is 1. The first-order valence-corrected chi connectivity index (χ1v) is 35.6. The molecule has 512 valence electrons. The number of allylic oxidation sites excluding steroid dienone is 2. The molecule has 96 heavy (non-hydrogen) atoms. The Labute approximate surface area is 568 Å². The zero-order chi connectivity index (χ0) is 68.3. The number of nitrogens with one attached hydrogen (secondary N) is 8. The molecule has 4 aliphatic heterocycles. The molecule has 0 spiro atoms. The van der Waals surface area contributed by atoms with Gasteiger partial charge in [-0.05, 0) is 142 Å². The van der Waals surface area contributed by atoms with Gasteiger partial charge in [-0.15, -0.1) is 0 Å². The van der Waals surface area contributed by atoms with Crippen molar-refractivity contribution < 1.29 is 57.1 Å². The van der Waals surface area contributed by atoms with E-state index in [1.54, 1.807) is 96.3 Å². The van der Waals surface area contributed by atoms with Crippen molar-refractivity contribution >= 4 is 93.4 Å². The van der Waals surface area contributed by atoms with Gasteiger partial charge in [0.2, 0.25) is 53.2 Å². The van der Waals surface area contributed by atoms with Gasteiger partial charge in [0.25, 0.3) is 0 Å². The summed E-state index contributed by atoms with van der Waals surface area (Å²) >= 11 is 3.22. The van der Waals surface area contributed by atoms with Crippen molar-refractivity contribution in [2.75, 3.05) is 38.8 Å². The van der Waals surface area contributed by atoms with Crippen molar-refractivity contribution in [2.24, 2.45) is 5.92 Å². The number of ketones is 1. The molecule has 1 aromatic heterocycles. The summed E-state index contributed by atoms with van der Waals surface area (Å²) in [7, 11) is 2.93. The van der Waals surface area contributed by atoms with Crippen LogP contribution in [0.1, 0.15) is 124 Å². The number of amides is 9. The number of Topliss-reactive ketones (excluding diaryl/α,β-unsaturated/α-hetero) is 1. The Balaban J connectivity index is 1.08. The predicted molar refractivity (Wildman–Crippen MR) is 367 cm³/mol. The van der Waals surface area contributed by atoms with Gasteiger partial charge in [0.15, 0.2) is 5.78 Å². The average molecular weight is 1350 g/mol. The number of nitrogens with zero attached hydrogens (tertiary/aromatic N) is 2. The van der Waals surface area contributed by atoms with Gasteiger partial charge < -0.3 is 56.7 Å². The molecular weight excluding hydrogens is 1260 g/mol. The van der Waals surface area contributed by atoms with Gasteiger partial charge in [0, 0.05) is 98.4 Å². The lowest BCUT2D eigenvalue weighted by atomic mass is 9.88. The molecule has 1 fully saturated rings. The number of aromatic amines is 1. The van der Waals surface area contributed by atoms with Gasteiger partial charge in [-0.1, -0.05) is 79.2 Å². The molecule has 0 aliphatic carbocycles. The third-order valence-electron chi connectivity index (χ3n) is 18.5. The summed E-state index contributed by atoms with van der Waals surface area (Å²) in [6.07, 6.45) is 8.09. The Morgan fingerprint density at radius 2 is 1.32 bits per heavy atom. The molecular formula is C72H89FN10O11S2. The maximum atomic E-state index is 15.6.